The molecule has 2 heterocycles. The number of allylic oxidation sites excluding steroid dienone is 1. The lowest BCUT2D eigenvalue weighted by Crippen LogP contribution is -2.51. The van der Waals surface area contributed by atoms with Crippen molar-refractivity contribution in [1.82, 2.24) is 4.90 Å². The van der Waals surface area contributed by atoms with Crippen molar-refractivity contribution in [3.63, 3.8) is 0 Å². The summed E-state index contributed by atoms with van der Waals surface area (Å²) >= 11 is 0. The molecular formula is C12H20N2O2. The van der Waals surface area contributed by atoms with Gasteiger partial charge < -0.3 is 10.2 Å². The first-order valence-corrected chi connectivity index (χ1v) is 5.92. The highest BCUT2D eigenvalue weighted by Gasteiger charge is 2.35. The molecule has 0 aliphatic carbocycles. The summed E-state index contributed by atoms with van der Waals surface area (Å²) in [5.41, 5.74) is -0.867. The zero-order chi connectivity index (χ0) is 11.6. The summed E-state index contributed by atoms with van der Waals surface area (Å²) in [5, 5.41) is 19.0. The van der Waals surface area contributed by atoms with Gasteiger partial charge in [0.2, 0.25) is 0 Å². The van der Waals surface area contributed by atoms with E-state index >= 15 is 0 Å². The number of hydrogen-bond donors (Lipinski definition) is 2. The van der Waals surface area contributed by atoms with Crippen molar-refractivity contribution >= 4 is 6.21 Å². The monoisotopic (exact) mass is 224 g/mol. The van der Waals surface area contributed by atoms with Crippen molar-refractivity contribution < 1.29 is 10.2 Å². The number of aliphatic hydroxyl groups excluding tert-OH is 1. The van der Waals surface area contributed by atoms with Crippen LogP contribution in [0.1, 0.15) is 19.8 Å². The van der Waals surface area contributed by atoms with E-state index in [2.05, 4.69) is 22.9 Å². The number of rotatable bonds is 2. The molecule has 1 saturated heterocycles. The van der Waals surface area contributed by atoms with E-state index in [1.807, 2.05) is 12.3 Å². The second kappa shape index (κ2) is 4.65. The Kier molecular flexibility index (Phi) is 3.42. The SMILES string of the molecule is CC1C=CC=NC1N1CCC(O)(CO)CC1. The molecule has 0 bridgehead atoms. The van der Waals surface area contributed by atoms with Crippen LogP contribution < -0.4 is 0 Å². The fourth-order valence-electron chi connectivity index (χ4n) is 2.39. The van der Waals surface area contributed by atoms with Crippen LogP contribution in [0, 0.1) is 5.92 Å². The Bertz CT molecular complexity index is 293. The maximum absolute atomic E-state index is 9.93. The van der Waals surface area contributed by atoms with Gasteiger partial charge in [-0.2, -0.15) is 0 Å². The predicted molar refractivity (Wildman–Crippen MR) is 63.4 cm³/mol. The number of nitrogens with zero attached hydrogens (tertiary/aromatic N) is 2. The number of dihydropyridines is 1. The third-order valence-electron chi connectivity index (χ3n) is 3.61. The molecule has 4 nitrogen and oxygen atoms in total. The molecule has 90 valence electrons. The van der Waals surface area contributed by atoms with Crippen LogP contribution in [0.2, 0.25) is 0 Å². The molecule has 0 aromatic heterocycles. The van der Waals surface area contributed by atoms with Crippen molar-refractivity contribution in [2.24, 2.45) is 10.9 Å². The lowest BCUT2D eigenvalue weighted by atomic mass is 9.91. The highest BCUT2D eigenvalue weighted by Crippen LogP contribution is 2.26. The van der Waals surface area contributed by atoms with E-state index in [1.165, 1.54) is 0 Å². The summed E-state index contributed by atoms with van der Waals surface area (Å²) < 4.78 is 0. The Labute approximate surface area is 96.3 Å². The Morgan fingerprint density at radius 2 is 2.12 bits per heavy atom. The smallest absolute Gasteiger partial charge is 0.108 e. The van der Waals surface area contributed by atoms with Gasteiger partial charge in [0.15, 0.2) is 0 Å². The van der Waals surface area contributed by atoms with Crippen molar-refractivity contribution in [1.29, 1.82) is 0 Å². The molecule has 2 aliphatic rings. The first kappa shape index (κ1) is 11.8. The Morgan fingerprint density at radius 1 is 1.44 bits per heavy atom. The maximum atomic E-state index is 9.93. The first-order valence-electron chi connectivity index (χ1n) is 5.92. The maximum Gasteiger partial charge on any atom is 0.108 e. The average molecular weight is 224 g/mol. The molecule has 0 radical (unpaired) electrons. The van der Waals surface area contributed by atoms with Crippen LogP contribution in [0.25, 0.3) is 0 Å². The largest absolute Gasteiger partial charge is 0.393 e. The summed E-state index contributed by atoms with van der Waals surface area (Å²) in [6, 6.07) is 0. The average Bonchev–Trinajstić information content (AvgIpc) is 2.31. The third kappa shape index (κ3) is 2.34. The molecule has 2 aliphatic heterocycles. The molecule has 0 spiro atoms. The van der Waals surface area contributed by atoms with Gasteiger partial charge in [-0.1, -0.05) is 13.0 Å². The van der Waals surface area contributed by atoms with Crippen molar-refractivity contribution in [2.45, 2.75) is 31.5 Å². The van der Waals surface area contributed by atoms with Gasteiger partial charge in [-0.3, -0.25) is 9.89 Å². The van der Waals surface area contributed by atoms with Crippen LogP contribution in [0.15, 0.2) is 17.1 Å². The zero-order valence-corrected chi connectivity index (χ0v) is 9.71. The quantitative estimate of drug-likeness (QED) is 0.714. The van der Waals surface area contributed by atoms with Crippen LogP contribution in [-0.2, 0) is 0 Å². The van der Waals surface area contributed by atoms with E-state index in [-0.39, 0.29) is 12.8 Å². The van der Waals surface area contributed by atoms with Gasteiger partial charge >= 0.3 is 0 Å². The highest BCUT2D eigenvalue weighted by molar-refractivity contribution is 5.72. The van der Waals surface area contributed by atoms with Gasteiger partial charge in [-0.25, -0.2) is 0 Å². The zero-order valence-electron chi connectivity index (χ0n) is 9.71. The number of likely N-dealkylation sites (tertiary alicyclic amines) is 1. The fraction of sp³-hybridized carbons (Fsp3) is 0.750. The molecule has 4 heteroatoms. The second-order valence-electron chi connectivity index (χ2n) is 4.87. The van der Waals surface area contributed by atoms with Crippen LogP contribution in [0.5, 0.6) is 0 Å². The van der Waals surface area contributed by atoms with Gasteiger partial charge in [0.1, 0.15) is 6.17 Å². The second-order valence-corrected chi connectivity index (χ2v) is 4.87. The highest BCUT2D eigenvalue weighted by atomic mass is 16.3. The van der Waals surface area contributed by atoms with Crippen molar-refractivity contribution in [2.75, 3.05) is 19.7 Å². The molecule has 0 aromatic rings. The van der Waals surface area contributed by atoms with Gasteiger partial charge in [-0.15, -0.1) is 0 Å². The molecule has 16 heavy (non-hydrogen) atoms. The molecular weight excluding hydrogens is 204 g/mol. The molecule has 1 fully saturated rings. The van der Waals surface area contributed by atoms with E-state index in [4.69, 9.17) is 5.11 Å². The third-order valence-corrected chi connectivity index (χ3v) is 3.61. The molecule has 0 amide bonds. The number of hydrogen-bond acceptors (Lipinski definition) is 4. The Balaban J connectivity index is 1.94. The summed E-state index contributed by atoms with van der Waals surface area (Å²) in [7, 11) is 0. The number of piperidine rings is 1. The van der Waals surface area contributed by atoms with Gasteiger partial charge in [0.25, 0.3) is 0 Å². The minimum Gasteiger partial charge on any atom is -0.393 e. The minimum atomic E-state index is -0.867. The van der Waals surface area contributed by atoms with E-state index in [0.717, 1.165) is 13.1 Å². The summed E-state index contributed by atoms with van der Waals surface area (Å²) in [5.74, 6) is 0.422. The summed E-state index contributed by atoms with van der Waals surface area (Å²) in [6.45, 7) is 3.63. The van der Waals surface area contributed by atoms with Gasteiger partial charge in [-0.05, 0) is 18.9 Å². The van der Waals surface area contributed by atoms with E-state index in [1.54, 1.807) is 0 Å². The van der Waals surface area contributed by atoms with Crippen LogP contribution in [0.4, 0.5) is 0 Å². The van der Waals surface area contributed by atoms with Crippen molar-refractivity contribution in [3.05, 3.63) is 12.2 Å². The summed E-state index contributed by atoms with van der Waals surface area (Å²) in [6.07, 6.45) is 7.45. The topological polar surface area (TPSA) is 56.1 Å². The standard InChI is InChI=1S/C12H20N2O2/c1-10-3-2-6-13-11(10)14-7-4-12(16,9-15)5-8-14/h2-3,6,10-11,15-16H,4-5,7-9H2,1H3. The molecule has 0 saturated carbocycles. The minimum absolute atomic E-state index is 0.135. The molecule has 2 unspecified atom stereocenters. The van der Waals surface area contributed by atoms with E-state index in [0.29, 0.717) is 18.8 Å². The number of aliphatic imine (C=N–C) groups is 1. The van der Waals surface area contributed by atoms with Crippen LogP contribution in [0.3, 0.4) is 0 Å². The van der Waals surface area contributed by atoms with Crippen LogP contribution in [-0.4, -0.2) is 52.8 Å². The lowest BCUT2D eigenvalue weighted by molar-refractivity contribution is -0.0676. The van der Waals surface area contributed by atoms with Gasteiger partial charge in [0.05, 0.1) is 12.2 Å². The van der Waals surface area contributed by atoms with Crippen molar-refractivity contribution in [3.8, 4) is 0 Å². The molecule has 2 N–H and O–H groups in total. The fourth-order valence-corrected chi connectivity index (χ4v) is 2.39. The Morgan fingerprint density at radius 3 is 2.69 bits per heavy atom. The van der Waals surface area contributed by atoms with E-state index < -0.39 is 5.60 Å². The van der Waals surface area contributed by atoms with Gasteiger partial charge in [0, 0.05) is 25.2 Å². The number of aliphatic hydroxyl groups is 2. The molecule has 2 rings (SSSR count). The predicted octanol–water partition coefficient (Wildman–Crippen LogP) is 0.408. The van der Waals surface area contributed by atoms with E-state index in [9.17, 15) is 5.11 Å². The Hall–Kier alpha value is -0.710. The van der Waals surface area contributed by atoms with Crippen LogP contribution >= 0.6 is 0 Å². The lowest BCUT2D eigenvalue weighted by Gasteiger charge is -2.41. The normalized spacial score (nSPS) is 34.2. The first-order chi connectivity index (χ1) is 7.64. The molecule has 2 atom stereocenters. The summed E-state index contributed by atoms with van der Waals surface area (Å²) in [4.78, 5) is 6.76. The molecule has 0 aromatic carbocycles.